The van der Waals surface area contributed by atoms with Gasteiger partial charge in [0.2, 0.25) is 0 Å². The summed E-state index contributed by atoms with van der Waals surface area (Å²) in [6.45, 7) is 0.254. The summed E-state index contributed by atoms with van der Waals surface area (Å²) >= 11 is 5.97. The summed E-state index contributed by atoms with van der Waals surface area (Å²) in [7, 11) is 0. The number of carbonyl (C=O) groups excluding carboxylic acids is 1. The third kappa shape index (κ3) is 3.38. The predicted molar refractivity (Wildman–Crippen MR) is 88.4 cm³/mol. The van der Waals surface area contributed by atoms with Crippen molar-refractivity contribution >= 4 is 29.3 Å². The highest BCUT2D eigenvalue weighted by atomic mass is 35.5. The van der Waals surface area contributed by atoms with Crippen molar-refractivity contribution in [2.24, 2.45) is 0 Å². The number of fused-ring (bicyclic) bond motifs is 1. The Labute approximate surface area is 133 Å². The van der Waals surface area contributed by atoms with Crippen molar-refractivity contribution in [3.63, 3.8) is 0 Å². The lowest BCUT2D eigenvalue weighted by Gasteiger charge is -2.06. The van der Waals surface area contributed by atoms with Crippen LogP contribution < -0.4 is 5.32 Å². The molecule has 4 heteroatoms. The van der Waals surface area contributed by atoms with Crippen LogP contribution >= 0.6 is 11.6 Å². The number of halogens is 1. The molecule has 1 heterocycles. The van der Waals surface area contributed by atoms with E-state index in [9.17, 15) is 4.79 Å². The van der Waals surface area contributed by atoms with E-state index in [4.69, 9.17) is 16.3 Å². The number of nitrogens with one attached hydrogen (secondary N) is 1. The third-order valence-corrected chi connectivity index (χ3v) is 3.52. The summed E-state index contributed by atoms with van der Waals surface area (Å²) in [6.07, 6.45) is 5.23. The molecular formula is C18H14ClNO2. The highest BCUT2D eigenvalue weighted by Gasteiger charge is 2.12. The maximum absolute atomic E-state index is 12.1. The van der Waals surface area contributed by atoms with Crippen LogP contribution in [0.3, 0.4) is 0 Å². The average Bonchev–Trinajstić information content (AvgIpc) is 2.76. The van der Waals surface area contributed by atoms with E-state index >= 15 is 0 Å². The number of rotatable bonds is 3. The quantitative estimate of drug-likeness (QED) is 0.853. The van der Waals surface area contributed by atoms with E-state index in [2.05, 4.69) is 5.32 Å². The molecule has 0 fully saturated rings. The van der Waals surface area contributed by atoms with Crippen LogP contribution in [-0.4, -0.2) is 5.97 Å². The molecule has 22 heavy (non-hydrogen) atoms. The lowest BCUT2D eigenvalue weighted by Crippen LogP contribution is -2.07. The van der Waals surface area contributed by atoms with Crippen molar-refractivity contribution in [2.75, 3.05) is 5.32 Å². The van der Waals surface area contributed by atoms with E-state index < -0.39 is 0 Å². The molecule has 3 rings (SSSR count). The number of carbonyl (C=O) groups is 1. The van der Waals surface area contributed by atoms with Gasteiger partial charge >= 0.3 is 5.97 Å². The summed E-state index contributed by atoms with van der Waals surface area (Å²) < 4.78 is 5.32. The SMILES string of the molecule is O=C(OCc1ccccc1)C1=CNc2cc(Cl)ccc2C=C1. The molecule has 1 aliphatic rings. The van der Waals surface area contributed by atoms with Crippen molar-refractivity contribution in [1.29, 1.82) is 0 Å². The first-order valence-corrected chi connectivity index (χ1v) is 7.25. The van der Waals surface area contributed by atoms with Crippen LogP contribution in [0.4, 0.5) is 5.69 Å². The normalized spacial score (nSPS) is 12.7. The second kappa shape index (κ2) is 6.50. The first kappa shape index (κ1) is 14.4. The van der Waals surface area contributed by atoms with Gasteiger partial charge in [-0.3, -0.25) is 0 Å². The molecule has 0 atom stereocenters. The Kier molecular flexibility index (Phi) is 4.26. The van der Waals surface area contributed by atoms with E-state index in [0.717, 1.165) is 16.8 Å². The van der Waals surface area contributed by atoms with Crippen LogP contribution in [-0.2, 0) is 16.1 Å². The first-order valence-electron chi connectivity index (χ1n) is 6.88. The molecule has 2 aromatic carbocycles. The van der Waals surface area contributed by atoms with Gasteiger partial charge in [0, 0.05) is 16.9 Å². The van der Waals surface area contributed by atoms with Crippen molar-refractivity contribution < 1.29 is 9.53 Å². The van der Waals surface area contributed by atoms with Gasteiger partial charge in [-0.2, -0.15) is 0 Å². The maximum Gasteiger partial charge on any atom is 0.339 e. The number of esters is 1. The lowest BCUT2D eigenvalue weighted by atomic mass is 10.1. The average molecular weight is 312 g/mol. The molecule has 0 amide bonds. The second-order valence-corrected chi connectivity index (χ2v) is 5.31. The molecule has 1 aliphatic heterocycles. The number of hydrogen-bond acceptors (Lipinski definition) is 3. The minimum atomic E-state index is -0.369. The third-order valence-electron chi connectivity index (χ3n) is 3.29. The monoisotopic (exact) mass is 311 g/mol. The van der Waals surface area contributed by atoms with Crippen LogP contribution in [0.5, 0.6) is 0 Å². The maximum atomic E-state index is 12.1. The van der Waals surface area contributed by atoms with Gasteiger partial charge in [-0.25, -0.2) is 4.79 Å². The van der Waals surface area contributed by atoms with Crippen LogP contribution in [0, 0.1) is 0 Å². The van der Waals surface area contributed by atoms with Gasteiger partial charge in [0.15, 0.2) is 0 Å². The molecule has 3 nitrogen and oxygen atoms in total. The van der Waals surface area contributed by atoms with Crippen molar-refractivity contribution in [1.82, 2.24) is 0 Å². The van der Waals surface area contributed by atoms with Crippen LogP contribution in [0.1, 0.15) is 11.1 Å². The zero-order valence-electron chi connectivity index (χ0n) is 11.8. The van der Waals surface area contributed by atoms with Gasteiger partial charge in [-0.05, 0) is 29.3 Å². The zero-order chi connectivity index (χ0) is 15.4. The predicted octanol–water partition coefficient (Wildman–Crippen LogP) is 4.41. The van der Waals surface area contributed by atoms with E-state index in [1.807, 2.05) is 54.6 Å². The molecule has 1 N–H and O–H groups in total. The fourth-order valence-electron chi connectivity index (χ4n) is 2.12. The fraction of sp³-hybridized carbons (Fsp3) is 0.0556. The van der Waals surface area contributed by atoms with Crippen molar-refractivity contribution in [3.8, 4) is 0 Å². The largest absolute Gasteiger partial charge is 0.457 e. The first-order chi connectivity index (χ1) is 10.7. The summed E-state index contributed by atoms with van der Waals surface area (Å²) in [5.74, 6) is -0.369. The van der Waals surface area contributed by atoms with Gasteiger partial charge in [-0.15, -0.1) is 0 Å². The topological polar surface area (TPSA) is 38.3 Å². The Hall–Kier alpha value is -2.52. The summed E-state index contributed by atoms with van der Waals surface area (Å²) in [5.41, 5.74) is 3.24. The smallest absolute Gasteiger partial charge is 0.339 e. The Morgan fingerprint density at radius 1 is 1.09 bits per heavy atom. The van der Waals surface area contributed by atoms with E-state index in [0.29, 0.717) is 10.6 Å². The Balaban J connectivity index is 1.69. The lowest BCUT2D eigenvalue weighted by molar-refractivity contribution is -0.139. The fourth-order valence-corrected chi connectivity index (χ4v) is 2.29. The van der Waals surface area contributed by atoms with Crippen LogP contribution in [0.15, 0.2) is 66.4 Å². The van der Waals surface area contributed by atoms with Crippen LogP contribution in [0.25, 0.3) is 6.08 Å². The minimum Gasteiger partial charge on any atom is -0.457 e. The summed E-state index contributed by atoms with van der Waals surface area (Å²) in [4.78, 5) is 12.1. The summed E-state index contributed by atoms with van der Waals surface area (Å²) in [5, 5.41) is 3.73. The molecule has 0 aliphatic carbocycles. The Bertz CT molecular complexity index is 751. The highest BCUT2D eigenvalue weighted by Crippen LogP contribution is 2.25. The van der Waals surface area contributed by atoms with Crippen LogP contribution in [0.2, 0.25) is 5.02 Å². The number of ether oxygens (including phenoxy) is 1. The minimum absolute atomic E-state index is 0.254. The van der Waals surface area contributed by atoms with E-state index in [1.54, 1.807) is 12.3 Å². The van der Waals surface area contributed by atoms with E-state index in [-0.39, 0.29) is 12.6 Å². The van der Waals surface area contributed by atoms with Gasteiger partial charge in [-0.1, -0.05) is 54.1 Å². The van der Waals surface area contributed by atoms with Gasteiger partial charge in [0.1, 0.15) is 6.61 Å². The molecule has 110 valence electrons. The zero-order valence-corrected chi connectivity index (χ0v) is 12.5. The molecule has 0 bridgehead atoms. The van der Waals surface area contributed by atoms with E-state index in [1.165, 1.54) is 0 Å². The molecule has 0 radical (unpaired) electrons. The van der Waals surface area contributed by atoms with Crippen molar-refractivity contribution in [3.05, 3.63) is 82.5 Å². The van der Waals surface area contributed by atoms with Gasteiger partial charge in [0.25, 0.3) is 0 Å². The standard InChI is InChI=1S/C18H14ClNO2/c19-16-9-8-14-6-7-15(11-20-17(14)10-16)18(21)22-12-13-4-2-1-3-5-13/h1-11,20H,12H2. The molecule has 0 aromatic heterocycles. The Morgan fingerprint density at radius 2 is 1.91 bits per heavy atom. The van der Waals surface area contributed by atoms with Crippen molar-refractivity contribution in [2.45, 2.75) is 6.61 Å². The molecule has 0 unspecified atom stereocenters. The number of hydrogen-bond donors (Lipinski definition) is 1. The summed E-state index contributed by atoms with van der Waals surface area (Å²) in [6, 6.07) is 15.1. The highest BCUT2D eigenvalue weighted by molar-refractivity contribution is 6.31. The second-order valence-electron chi connectivity index (χ2n) is 4.87. The van der Waals surface area contributed by atoms with Gasteiger partial charge < -0.3 is 10.1 Å². The van der Waals surface area contributed by atoms with Gasteiger partial charge in [0.05, 0.1) is 5.57 Å². The molecule has 0 spiro atoms. The molecular weight excluding hydrogens is 298 g/mol. The molecule has 2 aromatic rings. The molecule has 0 saturated carbocycles. The number of benzene rings is 2. The molecule has 0 saturated heterocycles. The Morgan fingerprint density at radius 3 is 2.73 bits per heavy atom. The number of anilines is 1.